The van der Waals surface area contributed by atoms with E-state index >= 15 is 0 Å². The Bertz CT molecular complexity index is 1260. The first kappa shape index (κ1) is 22.6. The third-order valence-electron chi connectivity index (χ3n) is 5.20. The molecule has 172 valence electrons. The molecule has 0 saturated heterocycles. The maximum absolute atomic E-state index is 12.5. The second-order valence-corrected chi connectivity index (χ2v) is 9.56. The van der Waals surface area contributed by atoms with E-state index in [1.54, 1.807) is 24.3 Å². The minimum Gasteiger partial charge on any atom is -0.486 e. The molecule has 0 amide bonds. The SMILES string of the molecule is CS(=O)(=O)N1CCCc2cc(C(=O)COC(=O)c3ccc(COc4ccccc4)o3)ccc21. The molecule has 3 aromatic rings. The summed E-state index contributed by atoms with van der Waals surface area (Å²) in [6.45, 7) is 0.109. The third-order valence-corrected chi connectivity index (χ3v) is 6.38. The summed E-state index contributed by atoms with van der Waals surface area (Å²) < 4.78 is 41.4. The van der Waals surface area contributed by atoms with E-state index in [1.807, 2.05) is 30.3 Å². The lowest BCUT2D eigenvalue weighted by molar-refractivity contribution is 0.0440. The zero-order valence-corrected chi connectivity index (χ0v) is 18.8. The number of anilines is 1. The van der Waals surface area contributed by atoms with Gasteiger partial charge in [0.05, 0.1) is 11.9 Å². The summed E-state index contributed by atoms with van der Waals surface area (Å²) >= 11 is 0. The minimum absolute atomic E-state index is 0.0244. The lowest BCUT2D eigenvalue weighted by Crippen LogP contribution is -2.34. The largest absolute Gasteiger partial charge is 0.486 e. The van der Waals surface area contributed by atoms with Gasteiger partial charge in [0.2, 0.25) is 15.8 Å². The minimum atomic E-state index is -3.38. The number of ether oxygens (including phenoxy) is 2. The molecule has 1 aliphatic heterocycles. The van der Waals surface area contributed by atoms with Gasteiger partial charge in [0.1, 0.15) is 18.1 Å². The summed E-state index contributed by atoms with van der Waals surface area (Å²) in [5.41, 5.74) is 1.71. The summed E-state index contributed by atoms with van der Waals surface area (Å²) in [4.78, 5) is 24.8. The molecule has 1 aliphatic rings. The number of benzene rings is 2. The van der Waals surface area contributed by atoms with E-state index in [9.17, 15) is 18.0 Å². The van der Waals surface area contributed by atoms with E-state index in [0.717, 1.165) is 11.8 Å². The Hall–Kier alpha value is -3.59. The van der Waals surface area contributed by atoms with E-state index in [4.69, 9.17) is 13.9 Å². The van der Waals surface area contributed by atoms with Crippen LogP contribution in [0.5, 0.6) is 5.75 Å². The van der Waals surface area contributed by atoms with Crippen LogP contribution in [0.3, 0.4) is 0 Å². The highest BCUT2D eigenvalue weighted by molar-refractivity contribution is 7.92. The maximum atomic E-state index is 12.5. The van der Waals surface area contributed by atoms with Crippen molar-refractivity contribution in [1.82, 2.24) is 0 Å². The van der Waals surface area contributed by atoms with E-state index in [0.29, 0.717) is 42.1 Å². The van der Waals surface area contributed by atoms with Crippen molar-refractivity contribution >= 4 is 27.5 Å². The summed E-state index contributed by atoms with van der Waals surface area (Å²) in [5.74, 6) is -0.0448. The normalized spacial score (nSPS) is 13.3. The second kappa shape index (κ2) is 9.50. The quantitative estimate of drug-likeness (QED) is 0.367. The van der Waals surface area contributed by atoms with Gasteiger partial charge in [-0.25, -0.2) is 13.2 Å². The summed E-state index contributed by atoms with van der Waals surface area (Å²) in [5, 5.41) is 0. The van der Waals surface area contributed by atoms with Crippen LogP contribution >= 0.6 is 0 Å². The number of fused-ring (bicyclic) bond motifs is 1. The van der Waals surface area contributed by atoms with Gasteiger partial charge < -0.3 is 13.9 Å². The molecule has 9 heteroatoms. The molecule has 2 heterocycles. The Morgan fingerprint density at radius 1 is 1.06 bits per heavy atom. The van der Waals surface area contributed by atoms with E-state index < -0.39 is 22.6 Å². The number of hydrogen-bond acceptors (Lipinski definition) is 7. The number of carbonyl (C=O) groups is 2. The molecule has 2 aromatic carbocycles. The maximum Gasteiger partial charge on any atom is 0.374 e. The van der Waals surface area contributed by atoms with Crippen molar-refractivity contribution in [3.63, 3.8) is 0 Å². The molecule has 1 aromatic heterocycles. The number of carbonyl (C=O) groups excluding carboxylic acids is 2. The van der Waals surface area contributed by atoms with E-state index in [1.165, 1.54) is 10.4 Å². The molecule has 0 fully saturated rings. The monoisotopic (exact) mass is 469 g/mol. The predicted molar refractivity (Wildman–Crippen MR) is 121 cm³/mol. The number of nitrogens with zero attached hydrogens (tertiary/aromatic N) is 1. The molecule has 4 rings (SSSR count). The molecule has 0 aliphatic carbocycles. The highest BCUT2D eigenvalue weighted by Gasteiger charge is 2.25. The van der Waals surface area contributed by atoms with Crippen LogP contribution in [-0.4, -0.2) is 39.6 Å². The van der Waals surface area contributed by atoms with Crippen LogP contribution in [0, 0.1) is 0 Å². The van der Waals surface area contributed by atoms with Gasteiger partial charge in [-0.3, -0.25) is 9.10 Å². The van der Waals surface area contributed by atoms with Crippen molar-refractivity contribution < 1.29 is 31.9 Å². The van der Waals surface area contributed by atoms with Crippen molar-refractivity contribution in [2.75, 3.05) is 23.7 Å². The van der Waals surface area contributed by atoms with Crippen LogP contribution in [0.4, 0.5) is 5.69 Å². The van der Waals surface area contributed by atoms with Gasteiger partial charge in [0, 0.05) is 12.1 Å². The molecule has 0 bridgehead atoms. The number of Topliss-reactive ketones (excluding diaryl/α,β-unsaturated/α-hetero) is 1. The van der Waals surface area contributed by atoms with Crippen molar-refractivity contribution in [3.8, 4) is 5.75 Å². The molecule has 33 heavy (non-hydrogen) atoms. The van der Waals surface area contributed by atoms with Gasteiger partial charge in [0.15, 0.2) is 12.4 Å². The highest BCUT2D eigenvalue weighted by atomic mass is 32.2. The Morgan fingerprint density at radius 3 is 2.61 bits per heavy atom. The number of para-hydroxylation sites is 1. The Morgan fingerprint density at radius 2 is 1.85 bits per heavy atom. The molecule has 8 nitrogen and oxygen atoms in total. The zero-order chi connectivity index (χ0) is 23.4. The van der Waals surface area contributed by atoms with Crippen LogP contribution in [0.25, 0.3) is 0 Å². The van der Waals surface area contributed by atoms with Crippen LogP contribution in [-0.2, 0) is 27.8 Å². The molecular formula is C24H23NO7S. The fourth-order valence-corrected chi connectivity index (χ4v) is 4.60. The van der Waals surface area contributed by atoms with Gasteiger partial charge >= 0.3 is 5.97 Å². The number of hydrogen-bond donors (Lipinski definition) is 0. The number of sulfonamides is 1. The van der Waals surface area contributed by atoms with Gasteiger partial charge in [0.25, 0.3) is 0 Å². The van der Waals surface area contributed by atoms with Crippen molar-refractivity contribution in [3.05, 3.63) is 83.3 Å². The van der Waals surface area contributed by atoms with Gasteiger partial charge in [-0.1, -0.05) is 18.2 Å². The molecule has 0 atom stereocenters. The zero-order valence-electron chi connectivity index (χ0n) is 18.0. The predicted octanol–water partition coefficient (Wildman–Crippen LogP) is 3.61. The fraction of sp³-hybridized carbons (Fsp3) is 0.250. The topological polar surface area (TPSA) is 103 Å². The lowest BCUT2D eigenvalue weighted by atomic mass is 9.99. The number of ketones is 1. The van der Waals surface area contributed by atoms with Gasteiger partial charge in [-0.2, -0.15) is 0 Å². The number of furan rings is 1. The third kappa shape index (κ3) is 5.43. The van der Waals surface area contributed by atoms with Gasteiger partial charge in [-0.15, -0.1) is 0 Å². The number of rotatable bonds is 8. The van der Waals surface area contributed by atoms with E-state index in [2.05, 4.69) is 0 Å². The highest BCUT2D eigenvalue weighted by Crippen LogP contribution is 2.30. The number of esters is 1. The lowest BCUT2D eigenvalue weighted by Gasteiger charge is -2.29. The molecule has 0 N–H and O–H groups in total. The Balaban J connectivity index is 1.34. The first-order valence-electron chi connectivity index (χ1n) is 10.4. The number of aryl methyl sites for hydroxylation is 1. The summed E-state index contributed by atoms with van der Waals surface area (Å²) in [6, 6.07) is 17.1. The second-order valence-electron chi connectivity index (χ2n) is 7.65. The van der Waals surface area contributed by atoms with Crippen LogP contribution < -0.4 is 9.04 Å². The molecule has 0 radical (unpaired) electrons. The first-order chi connectivity index (χ1) is 15.8. The molecular weight excluding hydrogens is 446 g/mol. The molecule has 0 saturated carbocycles. The van der Waals surface area contributed by atoms with Crippen molar-refractivity contribution in [1.29, 1.82) is 0 Å². The molecule has 0 spiro atoms. The molecule has 0 unspecified atom stereocenters. The van der Waals surface area contributed by atoms with Gasteiger partial charge in [-0.05, 0) is 60.9 Å². The smallest absolute Gasteiger partial charge is 0.374 e. The van der Waals surface area contributed by atoms with E-state index in [-0.39, 0.29) is 18.2 Å². The first-order valence-corrected chi connectivity index (χ1v) is 12.2. The van der Waals surface area contributed by atoms with Crippen molar-refractivity contribution in [2.45, 2.75) is 19.4 Å². The standard InChI is InChI=1S/C24H23NO7S/c1-33(28,29)25-13-5-6-17-14-18(9-11-21(17)25)22(26)16-31-24(27)23-12-10-20(32-23)15-30-19-7-3-2-4-8-19/h2-4,7-12,14H,5-6,13,15-16H2,1H3. The summed E-state index contributed by atoms with van der Waals surface area (Å²) in [7, 11) is -3.38. The van der Waals surface area contributed by atoms with Crippen LogP contribution in [0.15, 0.2) is 65.1 Å². The van der Waals surface area contributed by atoms with Crippen LogP contribution in [0.2, 0.25) is 0 Å². The summed E-state index contributed by atoms with van der Waals surface area (Å²) in [6.07, 6.45) is 2.50. The fourth-order valence-electron chi connectivity index (χ4n) is 3.60. The van der Waals surface area contributed by atoms with Crippen LogP contribution in [0.1, 0.15) is 38.7 Å². The Kier molecular flexibility index (Phi) is 6.50. The Labute approximate surface area is 191 Å². The average Bonchev–Trinajstić information content (AvgIpc) is 3.29. The van der Waals surface area contributed by atoms with Crippen molar-refractivity contribution in [2.24, 2.45) is 0 Å². The average molecular weight is 470 g/mol.